The molecule has 3 aromatic rings. The van der Waals surface area contributed by atoms with Gasteiger partial charge in [-0.15, -0.1) is 0 Å². The fraction of sp³-hybridized carbons (Fsp3) is 0.304. The van der Waals surface area contributed by atoms with E-state index in [9.17, 15) is 9.59 Å². The summed E-state index contributed by atoms with van der Waals surface area (Å²) >= 11 is 0. The average Bonchev–Trinajstić information content (AvgIpc) is 3.32. The molecule has 1 fully saturated rings. The first-order valence-corrected chi connectivity index (χ1v) is 9.97. The second-order valence-corrected chi connectivity index (χ2v) is 7.74. The lowest BCUT2D eigenvalue weighted by Gasteiger charge is -2.16. The highest BCUT2D eigenvalue weighted by Gasteiger charge is 2.21. The van der Waals surface area contributed by atoms with Gasteiger partial charge in [0.05, 0.1) is 0 Å². The summed E-state index contributed by atoms with van der Waals surface area (Å²) in [5.41, 5.74) is 3.35. The second-order valence-electron chi connectivity index (χ2n) is 7.74. The Hall–Kier alpha value is -3.12. The van der Waals surface area contributed by atoms with E-state index >= 15 is 0 Å². The van der Waals surface area contributed by atoms with Crippen LogP contribution in [0.4, 0.5) is 11.4 Å². The normalized spacial score (nSPS) is 14.2. The number of nitrogens with one attached hydrogen (secondary N) is 1. The van der Waals surface area contributed by atoms with E-state index in [-0.39, 0.29) is 11.8 Å². The zero-order valence-corrected chi connectivity index (χ0v) is 16.9. The molecule has 0 spiro atoms. The summed E-state index contributed by atoms with van der Waals surface area (Å²) in [6.45, 7) is 2.65. The van der Waals surface area contributed by atoms with E-state index in [1.165, 1.54) is 0 Å². The summed E-state index contributed by atoms with van der Waals surface area (Å²) in [6, 6.07) is 15.3. The number of nitrogens with zero attached hydrogens (tertiary/aromatic N) is 3. The highest BCUT2D eigenvalue weighted by Crippen LogP contribution is 2.23. The van der Waals surface area contributed by atoms with Crippen molar-refractivity contribution in [2.45, 2.75) is 19.4 Å². The van der Waals surface area contributed by atoms with Gasteiger partial charge in [0.2, 0.25) is 5.91 Å². The molecule has 6 heteroatoms. The van der Waals surface area contributed by atoms with Crippen LogP contribution in [-0.4, -0.2) is 48.5 Å². The number of hydrogen-bond donors (Lipinski definition) is 1. The van der Waals surface area contributed by atoms with Crippen LogP contribution in [0.15, 0.2) is 54.7 Å². The number of aromatic nitrogens is 1. The Morgan fingerprint density at radius 1 is 1.10 bits per heavy atom. The maximum absolute atomic E-state index is 12.6. The molecular formula is C23H26N4O2. The molecule has 2 aromatic carbocycles. The van der Waals surface area contributed by atoms with E-state index in [0.29, 0.717) is 12.0 Å². The molecule has 1 aliphatic heterocycles. The lowest BCUT2D eigenvalue weighted by Crippen LogP contribution is -2.23. The van der Waals surface area contributed by atoms with Gasteiger partial charge in [-0.2, -0.15) is 0 Å². The molecule has 0 bridgehead atoms. The van der Waals surface area contributed by atoms with Crippen molar-refractivity contribution in [2.75, 3.05) is 37.4 Å². The molecule has 150 valence electrons. The van der Waals surface area contributed by atoms with Crippen LogP contribution in [0.5, 0.6) is 0 Å². The molecule has 1 N–H and O–H groups in total. The SMILES string of the molecule is CN(C)CCn1ccc2cc(NC(=O)c3ccc(N4CCCC4=O)cc3)ccc21. The van der Waals surface area contributed by atoms with Crippen molar-refractivity contribution in [1.82, 2.24) is 9.47 Å². The predicted octanol–water partition coefficient (Wildman–Crippen LogP) is 3.58. The van der Waals surface area contributed by atoms with Gasteiger partial charge in [0.15, 0.2) is 0 Å². The minimum absolute atomic E-state index is 0.146. The van der Waals surface area contributed by atoms with E-state index in [1.54, 1.807) is 17.0 Å². The van der Waals surface area contributed by atoms with E-state index < -0.39 is 0 Å². The summed E-state index contributed by atoms with van der Waals surface area (Å²) in [5, 5.41) is 4.07. The number of anilines is 2. The molecular weight excluding hydrogens is 364 g/mol. The fourth-order valence-electron chi connectivity index (χ4n) is 3.70. The fourth-order valence-corrected chi connectivity index (χ4v) is 3.70. The van der Waals surface area contributed by atoms with Crippen LogP contribution in [0.25, 0.3) is 10.9 Å². The number of amides is 2. The van der Waals surface area contributed by atoms with Gasteiger partial charge in [-0.25, -0.2) is 0 Å². The molecule has 1 aromatic heterocycles. The molecule has 0 aliphatic carbocycles. The van der Waals surface area contributed by atoms with Crippen LogP contribution in [0.1, 0.15) is 23.2 Å². The Morgan fingerprint density at radius 3 is 2.59 bits per heavy atom. The number of likely N-dealkylation sites (N-methyl/N-ethyl adjacent to an activating group) is 1. The van der Waals surface area contributed by atoms with E-state index in [2.05, 4.69) is 41.1 Å². The number of benzene rings is 2. The van der Waals surface area contributed by atoms with Crippen LogP contribution >= 0.6 is 0 Å². The second kappa shape index (κ2) is 8.09. The smallest absolute Gasteiger partial charge is 0.255 e. The molecule has 29 heavy (non-hydrogen) atoms. The minimum atomic E-state index is -0.157. The summed E-state index contributed by atoms with van der Waals surface area (Å²) in [7, 11) is 4.13. The zero-order valence-electron chi connectivity index (χ0n) is 16.9. The molecule has 1 saturated heterocycles. The van der Waals surface area contributed by atoms with Gasteiger partial charge in [0, 0.05) is 60.1 Å². The Balaban J connectivity index is 1.45. The first-order valence-electron chi connectivity index (χ1n) is 9.97. The van der Waals surface area contributed by atoms with Gasteiger partial charge in [0.25, 0.3) is 5.91 Å². The van der Waals surface area contributed by atoms with Crippen molar-refractivity contribution in [1.29, 1.82) is 0 Å². The third kappa shape index (κ3) is 4.17. The van der Waals surface area contributed by atoms with Crippen LogP contribution in [0.2, 0.25) is 0 Å². The van der Waals surface area contributed by atoms with E-state index in [1.807, 2.05) is 30.3 Å². The molecule has 6 nitrogen and oxygen atoms in total. The predicted molar refractivity (Wildman–Crippen MR) is 116 cm³/mol. The lowest BCUT2D eigenvalue weighted by molar-refractivity contribution is -0.117. The zero-order chi connectivity index (χ0) is 20.4. The van der Waals surface area contributed by atoms with Gasteiger partial charge < -0.3 is 19.7 Å². The number of rotatable bonds is 6. The van der Waals surface area contributed by atoms with Gasteiger partial charge in [-0.1, -0.05) is 0 Å². The molecule has 1 aliphatic rings. The first kappa shape index (κ1) is 19.2. The molecule has 4 rings (SSSR count). The monoisotopic (exact) mass is 390 g/mol. The third-order valence-corrected chi connectivity index (χ3v) is 5.33. The van der Waals surface area contributed by atoms with Crippen molar-refractivity contribution in [2.24, 2.45) is 0 Å². The summed E-state index contributed by atoms with van der Waals surface area (Å²) in [4.78, 5) is 28.4. The van der Waals surface area contributed by atoms with Crippen molar-refractivity contribution in [3.63, 3.8) is 0 Å². The topological polar surface area (TPSA) is 57.6 Å². The number of fused-ring (bicyclic) bond motifs is 1. The summed E-state index contributed by atoms with van der Waals surface area (Å²) < 4.78 is 2.22. The van der Waals surface area contributed by atoms with Crippen molar-refractivity contribution >= 4 is 34.1 Å². The standard InChI is InChI=1S/C23H26N4O2/c1-25(2)14-15-26-13-11-18-16-19(7-10-21(18)26)24-23(29)17-5-8-20(9-6-17)27-12-3-4-22(27)28/h5-11,13,16H,3-4,12,14-15H2,1-2H3,(H,24,29). The quantitative estimate of drug-likeness (QED) is 0.700. The largest absolute Gasteiger partial charge is 0.346 e. The molecule has 0 saturated carbocycles. The van der Waals surface area contributed by atoms with Crippen LogP contribution in [0, 0.1) is 0 Å². The lowest BCUT2D eigenvalue weighted by atomic mass is 10.1. The molecule has 2 heterocycles. The summed E-state index contributed by atoms with van der Waals surface area (Å²) in [5.74, 6) is -0.0105. The van der Waals surface area contributed by atoms with E-state index in [0.717, 1.165) is 48.3 Å². The van der Waals surface area contributed by atoms with Crippen LogP contribution in [0.3, 0.4) is 0 Å². The van der Waals surface area contributed by atoms with Crippen molar-refractivity contribution in [3.8, 4) is 0 Å². The Labute approximate surface area is 170 Å². The molecule has 0 unspecified atom stereocenters. The number of carbonyl (C=O) groups excluding carboxylic acids is 2. The number of carbonyl (C=O) groups is 2. The van der Waals surface area contributed by atoms with Crippen LogP contribution < -0.4 is 10.2 Å². The average molecular weight is 390 g/mol. The summed E-state index contributed by atoms with van der Waals surface area (Å²) in [6.07, 6.45) is 3.57. The Kier molecular flexibility index (Phi) is 5.36. The Bertz CT molecular complexity index is 1040. The third-order valence-electron chi connectivity index (χ3n) is 5.33. The maximum atomic E-state index is 12.6. The minimum Gasteiger partial charge on any atom is -0.346 e. The van der Waals surface area contributed by atoms with Gasteiger partial charge in [-0.05, 0) is 69.0 Å². The first-order chi connectivity index (χ1) is 14.0. The molecule has 2 amide bonds. The molecule has 0 atom stereocenters. The number of hydrogen-bond acceptors (Lipinski definition) is 3. The Morgan fingerprint density at radius 2 is 1.90 bits per heavy atom. The van der Waals surface area contributed by atoms with Gasteiger partial charge >= 0.3 is 0 Å². The maximum Gasteiger partial charge on any atom is 0.255 e. The highest BCUT2D eigenvalue weighted by molar-refractivity contribution is 6.05. The molecule has 0 radical (unpaired) electrons. The van der Waals surface area contributed by atoms with Crippen molar-refractivity contribution in [3.05, 3.63) is 60.3 Å². The van der Waals surface area contributed by atoms with Crippen molar-refractivity contribution < 1.29 is 9.59 Å². The van der Waals surface area contributed by atoms with E-state index in [4.69, 9.17) is 0 Å². The van der Waals surface area contributed by atoms with Gasteiger partial charge in [-0.3, -0.25) is 9.59 Å². The van der Waals surface area contributed by atoms with Gasteiger partial charge in [0.1, 0.15) is 0 Å². The van der Waals surface area contributed by atoms with Crippen LogP contribution in [-0.2, 0) is 11.3 Å². The highest BCUT2D eigenvalue weighted by atomic mass is 16.2.